The van der Waals surface area contributed by atoms with Gasteiger partial charge in [-0.05, 0) is 65.7 Å². The maximum Gasteiger partial charge on any atom is 0.410 e. The zero-order valence-corrected chi connectivity index (χ0v) is 24.3. The summed E-state index contributed by atoms with van der Waals surface area (Å²) in [6.45, 7) is 10.6. The predicted molar refractivity (Wildman–Crippen MR) is 154 cm³/mol. The number of fused-ring (bicyclic) bond motifs is 1. The van der Waals surface area contributed by atoms with Crippen LogP contribution in [0.3, 0.4) is 0 Å². The Balaban J connectivity index is 1.58. The molecule has 10 nitrogen and oxygen atoms in total. The fourth-order valence-electron chi connectivity index (χ4n) is 4.58. The molecule has 4 rings (SSSR count). The van der Waals surface area contributed by atoms with Crippen LogP contribution in [-0.2, 0) is 16.1 Å². The molecule has 0 radical (unpaired) electrons. The largest absolute Gasteiger partial charge is 0.492 e. The number of halogens is 1. The van der Waals surface area contributed by atoms with Gasteiger partial charge in [-0.1, -0.05) is 23.7 Å². The number of rotatable bonds is 7. The Kier molecular flexibility index (Phi) is 8.98. The first-order chi connectivity index (χ1) is 18.9. The van der Waals surface area contributed by atoms with Gasteiger partial charge in [-0.25, -0.2) is 14.8 Å². The van der Waals surface area contributed by atoms with Gasteiger partial charge >= 0.3 is 6.09 Å². The Bertz CT molecular complexity index is 1450. The highest BCUT2D eigenvalue weighted by molar-refractivity contribution is 6.30. The summed E-state index contributed by atoms with van der Waals surface area (Å²) in [6, 6.07) is 8.46. The maximum absolute atomic E-state index is 13.7. The third kappa shape index (κ3) is 7.50. The first kappa shape index (κ1) is 29.3. The molecule has 3 heterocycles. The lowest BCUT2D eigenvalue weighted by Crippen LogP contribution is -2.44. The molecule has 0 spiro atoms. The van der Waals surface area contributed by atoms with Crippen LogP contribution in [0.15, 0.2) is 41.3 Å². The molecule has 0 saturated carbocycles. The molecule has 1 N–H and O–H groups in total. The molecule has 1 aliphatic heterocycles. The number of aromatic nitrogens is 3. The maximum atomic E-state index is 13.7. The highest BCUT2D eigenvalue weighted by Crippen LogP contribution is 2.24. The smallest absolute Gasteiger partial charge is 0.410 e. The lowest BCUT2D eigenvalue weighted by Gasteiger charge is -2.34. The monoisotopic (exact) mass is 569 g/mol. The summed E-state index contributed by atoms with van der Waals surface area (Å²) in [6.07, 6.45) is 2.96. The van der Waals surface area contributed by atoms with Crippen LogP contribution in [0.25, 0.3) is 22.4 Å². The zero-order chi connectivity index (χ0) is 29.0. The summed E-state index contributed by atoms with van der Waals surface area (Å²) in [4.78, 5) is 49.6. The number of carbonyl (C=O) groups is 2. The fraction of sp³-hybridized carbons (Fsp3) is 0.483. The van der Waals surface area contributed by atoms with E-state index < -0.39 is 11.2 Å². The van der Waals surface area contributed by atoms with E-state index in [0.29, 0.717) is 41.9 Å². The SMILES string of the molecule is CC(C)NC(=O)Cn1c(-c2cccc(Cl)c2)nc2ncc(OCC3CCCN(C(=O)OC(C)(C)C)C3)cc2c1=O. The van der Waals surface area contributed by atoms with Crippen molar-refractivity contribution in [2.75, 3.05) is 19.7 Å². The average molecular weight is 570 g/mol. The highest BCUT2D eigenvalue weighted by Gasteiger charge is 2.28. The van der Waals surface area contributed by atoms with Crippen LogP contribution >= 0.6 is 11.6 Å². The molecule has 2 aromatic heterocycles. The van der Waals surface area contributed by atoms with Gasteiger partial charge in [0.05, 0.1) is 18.2 Å². The third-order valence-electron chi connectivity index (χ3n) is 6.28. The number of ether oxygens (including phenoxy) is 2. The number of likely N-dealkylation sites (tertiary alicyclic amines) is 1. The van der Waals surface area contributed by atoms with Crippen molar-refractivity contribution in [1.29, 1.82) is 0 Å². The van der Waals surface area contributed by atoms with Gasteiger partial charge in [-0.2, -0.15) is 0 Å². The van der Waals surface area contributed by atoms with Crippen molar-refractivity contribution < 1.29 is 19.1 Å². The van der Waals surface area contributed by atoms with Crippen molar-refractivity contribution >= 4 is 34.6 Å². The van der Waals surface area contributed by atoms with Gasteiger partial charge in [0.25, 0.3) is 5.56 Å². The summed E-state index contributed by atoms with van der Waals surface area (Å²) in [5, 5.41) is 3.54. The second-order valence-corrected chi connectivity index (χ2v) is 11.8. The zero-order valence-electron chi connectivity index (χ0n) is 23.6. The molecule has 0 bridgehead atoms. The van der Waals surface area contributed by atoms with Crippen LogP contribution in [0.2, 0.25) is 5.02 Å². The molecule has 1 atom stereocenters. The topological polar surface area (TPSA) is 116 Å². The summed E-state index contributed by atoms with van der Waals surface area (Å²) in [5.74, 6) is 0.504. The summed E-state index contributed by atoms with van der Waals surface area (Å²) in [7, 11) is 0. The number of nitrogens with zero attached hydrogens (tertiary/aromatic N) is 4. The minimum Gasteiger partial charge on any atom is -0.492 e. The third-order valence-corrected chi connectivity index (χ3v) is 6.51. The molecule has 1 fully saturated rings. The lowest BCUT2D eigenvalue weighted by molar-refractivity contribution is -0.122. The van der Waals surface area contributed by atoms with Crippen LogP contribution in [0.1, 0.15) is 47.5 Å². The van der Waals surface area contributed by atoms with E-state index in [1.807, 2.05) is 34.6 Å². The van der Waals surface area contributed by atoms with Gasteiger partial charge in [-0.15, -0.1) is 0 Å². The van der Waals surface area contributed by atoms with Crippen LogP contribution in [-0.4, -0.2) is 62.8 Å². The minimum atomic E-state index is -0.555. The Morgan fingerprint density at radius 3 is 2.70 bits per heavy atom. The number of carbonyl (C=O) groups excluding carboxylic acids is 2. The second-order valence-electron chi connectivity index (χ2n) is 11.3. The first-order valence-corrected chi connectivity index (χ1v) is 13.8. The van der Waals surface area contributed by atoms with Gasteiger partial charge in [0.15, 0.2) is 5.65 Å². The van der Waals surface area contributed by atoms with E-state index in [2.05, 4.69) is 15.3 Å². The van der Waals surface area contributed by atoms with Crippen molar-refractivity contribution in [3.63, 3.8) is 0 Å². The van der Waals surface area contributed by atoms with Crippen molar-refractivity contribution in [2.24, 2.45) is 5.92 Å². The normalized spacial score (nSPS) is 15.8. The minimum absolute atomic E-state index is 0.0843. The van der Waals surface area contributed by atoms with Crippen LogP contribution < -0.4 is 15.6 Å². The van der Waals surface area contributed by atoms with Gasteiger partial charge in [-0.3, -0.25) is 14.2 Å². The molecule has 3 aromatic rings. The summed E-state index contributed by atoms with van der Waals surface area (Å²) in [5.41, 5.74) is -0.134. The number of amides is 2. The predicted octanol–water partition coefficient (Wildman–Crippen LogP) is 4.66. The number of hydrogen-bond donors (Lipinski definition) is 1. The van der Waals surface area contributed by atoms with E-state index >= 15 is 0 Å². The molecular formula is C29H36ClN5O5. The fourth-order valence-corrected chi connectivity index (χ4v) is 4.77. The van der Waals surface area contributed by atoms with Crippen molar-refractivity contribution in [3.05, 3.63) is 51.9 Å². The second kappa shape index (κ2) is 12.2. The van der Waals surface area contributed by atoms with Gasteiger partial charge in [0.1, 0.15) is 23.7 Å². The molecule has 214 valence electrons. The van der Waals surface area contributed by atoms with E-state index in [1.54, 1.807) is 35.2 Å². The van der Waals surface area contributed by atoms with Gasteiger partial charge in [0.2, 0.25) is 5.91 Å². The van der Waals surface area contributed by atoms with E-state index in [4.69, 9.17) is 21.1 Å². The van der Waals surface area contributed by atoms with Gasteiger partial charge in [0, 0.05) is 35.6 Å². The first-order valence-electron chi connectivity index (χ1n) is 13.5. The Hall–Kier alpha value is -3.66. The number of pyridine rings is 1. The van der Waals surface area contributed by atoms with Gasteiger partial charge < -0.3 is 19.7 Å². The quantitative estimate of drug-likeness (QED) is 0.440. The number of hydrogen-bond acceptors (Lipinski definition) is 7. The summed E-state index contributed by atoms with van der Waals surface area (Å²) < 4.78 is 12.9. The van der Waals surface area contributed by atoms with Crippen LogP contribution in [0.5, 0.6) is 5.75 Å². The molecule has 2 amide bonds. The Labute approximate surface area is 238 Å². The lowest BCUT2D eigenvalue weighted by atomic mass is 9.99. The van der Waals surface area contributed by atoms with Crippen LogP contribution in [0.4, 0.5) is 4.79 Å². The molecule has 11 heteroatoms. The molecule has 40 heavy (non-hydrogen) atoms. The van der Waals surface area contributed by atoms with E-state index in [0.717, 1.165) is 12.8 Å². The average Bonchev–Trinajstić information content (AvgIpc) is 2.88. The van der Waals surface area contributed by atoms with Crippen molar-refractivity contribution in [1.82, 2.24) is 24.8 Å². The summed E-state index contributed by atoms with van der Waals surface area (Å²) >= 11 is 6.20. The van der Waals surface area contributed by atoms with E-state index in [-0.39, 0.29) is 41.5 Å². The molecular weight excluding hydrogens is 534 g/mol. The number of nitrogens with one attached hydrogen (secondary N) is 1. The molecule has 0 aliphatic carbocycles. The standard InChI is InChI=1S/C29H36ClN5O5/c1-18(2)32-24(36)16-35-26(20-9-6-10-21(30)12-20)33-25-23(27(35)37)13-22(14-31-25)39-17-19-8-7-11-34(15-19)28(38)40-29(3,4)5/h6,9-10,12-14,18-19H,7-8,11,15-17H2,1-5H3,(H,32,36). The Morgan fingerprint density at radius 1 is 1.23 bits per heavy atom. The van der Waals surface area contributed by atoms with Crippen LogP contribution in [0, 0.1) is 5.92 Å². The van der Waals surface area contributed by atoms with Crippen molar-refractivity contribution in [2.45, 2.75) is 65.6 Å². The van der Waals surface area contributed by atoms with E-state index in [1.165, 1.54) is 10.8 Å². The molecule has 1 saturated heterocycles. The number of benzene rings is 1. The molecule has 1 unspecified atom stereocenters. The van der Waals surface area contributed by atoms with Crippen molar-refractivity contribution in [3.8, 4) is 17.1 Å². The molecule has 1 aromatic carbocycles. The molecule has 1 aliphatic rings. The van der Waals surface area contributed by atoms with E-state index in [9.17, 15) is 14.4 Å². The highest BCUT2D eigenvalue weighted by atomic mass is 35.5. The number of piperidine rings is 1. The Morgan fingerprint density at radius 2 is 2.00 bits per heavy atom.